The highest BCUT2D eigenvalue weighted by Crippen LogP contribution is 2.42. The van der Waals surface area contributed by atoms with E-state index in [4.69, 9.17) is 0 Å². The molecular weight excluding hydrogens is 261 g/mol. The molecular formula is C19H22FN. The highest BCUT2D eigenvalue weighted by atomic mass is 19.1. The molecule has 1 nitrogen and oxygen atoms in total. The number of benzene rings is 2. The van der Waals surface area contributed by atoms with Crippen LogP contribution in [0.3, 0.4) is 0 Å². The van der Waals surface area contributed by atoms with Crippen LogP contribution in [0.1, 0.15) is 49.4 Å². The van der Waals surface area contributed by atoms with Gasteiger partial charge in [-0.3, -0.25) is 0 Å². The van der Waals surface area contributed by atoms with Crippen LogP contribution in [0.5, 0.6) is 0 Å². The Morgan fingerprint density at radius 1 is 1.05 bits per heavy atom. The molecule has 2 heteroatoms. The predicted octanol–water partition coefficient (Wildman–Crippen LogP) is 5.02. The Hall–Kier alpha value is -1.67. The maximum absolute atomic E-state index is 13.5. The average molecular weight is 283 g/mol. The van der Waals surface area contributed by atoms with E-state index in [1.807, 2.05) is 6.07 Å². The summed E-state index contributed by atoms with van der Waals surface area (Å²) in [4.78, 5) is 0. The molecule has 0 saturated heterocycles. The molecule has 110 valence electrons. The average Bonchev–Trinajstić information content (AvgIpc) is 3.34. The van der Waals surface area contributed by atoms with Gasteiger partial charge in [-0.15, -0.1) is 0 Å². The topological polar surface area (TPSA) is 12.0 Å². The molecule has 1 aliphatic carbocycles. The molecule has 0 bridgehead atoms. The summed E-state index contributed by atoms with van der Waals surface area (Å²) >= 11 is 0. The first-order valence-electron chi connectivity index (χ1n) is 7.84. The molecule has 0 heterocycles. The maximum atomic E-state index is 13.5. The number of rotatable bonds is 6. The summed E-state index contributed by atoms with van der Waals surface area (Å²) in [7, 11) is 0. The van der Waals surface area contributed by atoms with Crippen LogP contribution in [-0.4, -0.2) is 0 Å². The Bertz CT molecular complexity index is 577. The van der Waals surface area contributed by atoms with E-state index >= 15 is 0 Å². The van der Waals surface area contributed by atoms with Crippen molar-refractivity contribution < 1.29 is 4.39 Å². The van der Waals surface area contributed by atoms with Crippen molar-refractivity contribution in [1.82, 2.24) is 5.32 Å². The van der Waals surface area contributed by atoms with Crippen molar-refractivity contribution in [2.45, 2.75) is 38.3 Å². The lowest BCUT2D eigenvalue weighted by molar-refractivity contribution is 0.401. The van der Waals surface area contributed by atoms with Crippen molar-refractivity contribution in [3.05, 3.63) is 71.5 Å². The van der Waals surface area contributed by atoms with Gasteiger partial charge in [0.05, 0.1) is 0 Å². The van der Waals surface area contributed by atoms with Crippen molar-refractivity contribution in [1.29, 1.82) is 0 Å². The molecule has 1 fully saturated rings. The largest absolute Gasteiger partial charge is 0.303 e. The van der Waals surface area contributed by atoms with Gasteiger partial charge in [0.1, 0.15) is 5.82 Å². The predicted molar refractivity (Wildman–Crippen MR) is 84.5 cm³/mol. The highest BCUT2D eigenvalue weighted by molar-refractivity contribution is 5.24. The van der Waals surface area contributed by atoms with Crippen molar-refractivity contribution in [2.24, 2.45) is 5.92 Å². The molecule has 0 amide bonds. The Kier molecular flexibility index (Phi) is 4.35. The van der Waals surface area contributed by atoms with Gasteiger partial charge < -0.3 is 5.32 Å². The molecule has 0 spiro atoms. The molecule has 21 heavy (non-hydrogen) atoms. The molecule has 2 atom stereocenters. The SMILES string of the molecule is CCC(NC(c1ccccc1)C1CC1)c1cccc(F)c1. The van der Waals surface area contributed by atoms with E-state index < -0.39 is 0 Å². The van der Waals surface area contributed by atoms with Crippen LogP contribution in [0.15, 0.2) is 54.6 Å². The second-order valence-corrected chi connectivity index (χ2v) is 5.91. The van der Waals surface area contributed by atoms with Crippen LogP contribution in [0.25, 0.3) is 0 Å². The second-order valence-electron chi connectivity index (χ2n) is 5.91. The Labute approximate surface area is 126 Å². The van der Waals surface area contributed by atoms with Gasteiger partial charge in [0.25, 0.3) is 0 Å². The molecule has 1 saturated carbocycles. The fourth-order valence-electron chi connectivity index (χ4n) is 2.98. The summed E-state index contributed by atoms with van der Waals surface area (Å²) in [5, 5.41) is 3.76. The molecule has 1 N–H and O–H groups in total. The monoisotopic (exact) mass is 283 g/mol. The van der Waals surface area contributed by atoms with E-state index in [-0.39, 0.29) is 11.9 Å². The van der Waals surface area contributed by atoms with Gasteiger partial charge in [-0.25, -0.2) is 4.39 Å². The summed E-state index contributed by atoms with van der Waals surface area (Å²) in [6, 6.07) is 18.2. The summed E-state index contributed by atoms with van der Waals surface area (Å²) in [6.07, 6.45) is 3.53. The maximum Gasteiger partial charge on any atom is 0.123 e. The first-order chi connectivity index (χ1) is 10.3. The number of nitrogens with one attached hydrogen (secondary N) is 1. The van der Waals surface area contributed by atoms with Crippen LogP contribution < -0.4 is 5.32 Å². The molecule has 3 rings (SSSR count). The third-order valence-electron chi connectivity index (χ3n) is 4.29. The highest BCUT2D eigenvalue weighted by Gasteiger charge is 2.33. The first kappa shape index (κ1) is 14.3. The zero-order valence-electron chi connectivity index (χ0n) is 12.4. The summed E-state index contributed by atoms with van der Waals surface area (Å²) in [5.41, 5.74) is 2.38. The number of hydrogen-bond donors (Lipinski definition) is 1. The smallest absolute Gasteiger partial charge is 0.123 e. The Balaban J connectivity index is 1.81. The van der Waals surface area contributed by atoms with Crippen molar-refractivity contribution in [3.8, 4) is 0 Å². The van der Waals surface area contributed by atoms with E-state index in [0.717, 1.165) is 17.9 Å². The molecule has 2 aromatic rings. The summed E-state index contributed by atoms with van der Waals surface area (Å²) in [5.74, 6) is 0.561. The molecule has 2 aromatic carbocycles. The fraction of sp³-hybridized carbons (Fsp3) is 0.368. The third-order valence-corrected chi connectivity index (χ3v) is 4.29. The molecule has 2 unspecified atom stereocenters. The third kappa shape index (κ3) is 3.51. The lowest BCUT2D eigenvalue weighted by Gasteiger charge is -2.26. The zero-order valence-corrected chi connectivity index (χ0v) is 12.4. The van der Waals surface area contributed by atoms with Gasteiger partial charge in [-0.1, -0.05) is 49.4 Å². The fourth-order valence-corrected chi connectivity index (χ4v) is 2.98. The first-order valence-corrected chi connectivity index (χ1v) is 7.84. The van der Waals surface area contributed by atoms with E-state index in [1.54, 1.807) is 12.1 Å². The second kappa shape index (κ2) is 6.40. The van der Waals surface area contributed by atoms with Crippen LogP contribution in [0.2, 0.25) is 0 Å². The van der Waals surface area contributed by atoms with Gasteiger partial charge in [0.15, 0.2) is 0 Å². The Morgan fingerprint density at radius 2 is 1.76 bits per heavy atom. The normalized spacial score (nSPS) is 17.4. The quantitative estimate of drug-likeness (QED) is 0.785. The lowest BCUT2D eigenvalue weighted by atomic mass is 9.98. The summed E-state index contributed by atoms with van der Waals surface area (Å²) < 4.78 is 13.5. The molecule has 1 aliphatic rings. The molecule has 0 radical (unpaired) electrons. The standard InChI is InChI=1S/C19H22FN/c1-2-18(16-9-6-10-17(20)13-16)21-19(15-11-12-15)14-7-4-3-5-8-14/h3-10,13,15,18-19,21H,2,11-12H2,1H3. The summed E-state index contributed by atoms with van der Waals surface area (Å²) in [6.45, 7) is 2.15. The van der Waals surface area contributed by atoms with Gasteiger partial charge in [-0.2, -0.15) is 0 Å². The number of hydrogen-bond acceptors (Lipinski definition) is 1. The number of halogens is 1. The zero-order chi connectivity index (χ0) is 14.7. The van der Waals surface area contributed by atoms with Crippen LogP contribution in [-0.2, 0) is 0 Å². The minimum atomic E-state index is -0.157. The van der Waals surface area contributed by atoms with Crippen molar-refractivity contribution in [2.75, 3.05) is 0 Å². The van der Waals surface area contributed by atoms with Gasteiger partial charge >= 0.3 is 0 Å². The molecule has 0 aromatic heterocycles. The van der Waals surface area contributed by atoms with Gasteiger partial charge in [-0.05, 0) is 48.4 Å². The van der Waals surface area contributed by atoms with Crippen molar-refractivity contribution >= 4 is 0 Å². The minimum absolute atomic E-state index is 0.157. The lowest BCUT2D eigenvalue weighted by Crippen LogP contribution is -2.27. The van der Waals surface area contributed by atoms with E-state index in [1.165, 1.54) is 24.5 Å². The van der Waals surface area contributed by atoms with Crippen LogP contribution in [0, 0.1) is 11.7 Å². The Morgan fingerprint density at radius 3 is 2.38 bits per heavy atom. The van der Waals surface area contributed by atoms with Gasteiger partial charge in [0, 0.05) is 12.1 Å². The van der Waals surface area contributed by atoms with E-state index in [0.29, 0.717) is 6.04 Å². The van der Waals surface area contributed by atoms with Crippen molar-refractivity contribution in [3.63, 3.8) is 0 Å². The van der Waals surface area contributed by atoms with E-state index in [2.05, 4.69) is 42.6 Å². The van der Waals surface area contributed by atoms with Crippen LogP contribution >= 0.6 is 0 Å². The van der Waals surface area contributed by atoms with Gasteiger partial charge in [0.2, 0.25) is 0 Å². The van der Waals surface area contributed by atoms with Crippen LogP contribution in [0.4, 0.5) is 4.39 Å². The molecule has 0 aliphatic heterocycles. The minimum Gasteiger partial charge on any atom is -0.303 e. The van der Waals surface area contributed by atoms with E-state index in [9.17, 15) is 4.39 Å².